The van der Waals surface area contributed by atoms with Gasteiger partial charge < -0.3 is 9.84 Å². The number of amides is 1. The fourth-order valence-corrected chi connectivity index (χ4v) is 4.77. The average molecular weight is 580 g/mol. The molecule has 0 radical (unpaired) electrons. The number of nitrogens with one attached hydrogen (secondary N) is 1. The molecule has 0 saturated heterocycles. The van der Waals surface area contributed by atoms with Crippen LogP contribution in [0.5, 0.6) is 0 Å². The van der Waals surface area contributed by atoms with Crippen molar-refractivity contribution in [3.05, 3.63) is 73.8 Å². The second kappa shape index (κ2) is 12.8. The maximum atomic E-state index is 15.2. The Kier molecular flexibility index (Phi) is 10.1. The van der Waals surface area contributed by atoms with Gasteiger partial charge in [0.05, 0.1) is 22.3 Å². The number of aryl methyl sites for hydroxylation is 1. The highest BCUT2D eigenvalue weighted by Crippen LogP contribution is 2.31. The number of aliphatic carboxylic acids is 1. The molecule has 0 fully saturated rings. The smallest absolute Gasteiger partial charge is 0.331 e. The molecule has 0 unspecified atom stereocenters. The summed E-state index contributed by atoms with van der Waals surface area (Å²) >= 11 is 13.7. The Morgan fingerprint density at radius 1 is 1.21 bits per heavy atom. The zero-order chi connectivity index (χ0) is 28.0. The molecule has 0 atom stereocenters. The normalized spacial score (nSPS) is 12.0. The molecule has 0 aliphatic rings. The summed E-state index contributed by atoms with van der Waals surface area (Å²) in [5.41, 5.74) is 1.95. The number of carboxylic acids is 1. The zero-order valence-electron chi connectivity index (χ0n) is 21.5. The lowest BCUT2D eigenvalue weighted by Crippen LogP contribution is -2.15. The monoisotopic (exact) mass is 578 g/mol. The van der Waals surface area contributed by atoms with E-state index in [1.807, 2.05) is 0 Å². The predicted molar refractivity (Wildman–Crippen MR) is 152 cm³/mol. The summed E-state index contributed by atoms with van der Waals surface area (Å²) < 4.78 is 20.9. The van der Waals surface area contributed by atoms with Gasteiger partial charge in [-0.25, -0.2) is 14.2 Å². The number of hydrogen-bond acceptors (Lipinski definition) is 5. The van der Waals surface area contributed by atoms with Crippen molar-refractivity contribution < 1.29 is 23.8 Å². The lowest BCUT2D eigenvalue weighted by molar-refractivity contribution is -0.132. The molecule has 3 aromatic rings. The number of benzene rings is 2. The molecule has 38 heavy (non-hydrogen) atoms. The Labute approximate surface area is 235 Å². The molecule has 0 aliphatic carbocycles. The minimum atomic E-state index is -1.11. The quantitative estimate of drug-likeness (QED) is 0.188. The van der Waals surface area contributed by atoms with Crippen LogP contribution in [0.4, 0.5) is 9.52 Å². The van der Waals surface area contributed by atoms with Crippen LogP contribution >= 0.6 is 34.5 Å². The van der Waals surface area contributed by atoms with Crippen molar-refractivity contribution in [3.63, 3.8) is 0 Å². The number of anilines is 1. The molecule has 0 spiro atoms. The fourth-order valence-electron chi connectivity index (χ4n) is 3.47. The van der Waals surface area contributed by atoms with Crippen LogP contribution in [-0.4, -0.2) is 35.2 Å². The van der Waals surface area contributed by atoms with E-state index in [1.165, 1.54) is 25.1 Å². The number of nitrogens with zero attached hydrogens (tertiary/aromatic N) is 1. The average Bonchev–Trinajstić information content (AvgIpc) is 3.29. The number of ether oxygens (including phenoxy) is 1. The van der Waals surface area contributed by atoms with Gasteiger partial charge in [0.15, 0.2) is 5.13 Å². The summed E-state index contributed by atoms with van der Waals surface area (Å²) in [6, 6.07) is 7.98. The van der Waals surface area contributed by atoms with Crippen LogP contribution < -0.4 is 5.32 Å². The second-order valence-corrected chi connectivity index (χ2v) is 11.6. The number of halogens is 3. The maximum absolute atomic E-state index is 15.2. The number of hydrogen-bond donors (Lipinski definition) is 2. The van der Waals surface area contributed by atoms with E-state index in [-0.39, 0.29) is 37.5 Å². The molecule has 202 valence electrons. The summed E-state index contributed by atoms with van der Waals surface area (Å²) in [6.07, 6.45) is 2.57. The molecule has 0 aliphatic heterocycles. The highest BCUT2D eigenvalue weighted by Gasteiger charge is 2.17. The van der Waals surface area contributed by atoms with E-state index in [4.69, 9.17) is 33.0 Å². The molecular weight excluding hydrogens is 550 g/mol. The maximum Gasteiger partial charge on any atom is 0.331 e. The molecule has 1 aromatic heterocycles. The van der Waals surface area contributed by atoms with Gasteiger partial charge in [-0.2, -0.15) is 0 Å². The van der Waals surface area contributed by atoms with Crippen LogP contribution in [0.15, 0.2) is 41.3 Å². The topological polar surface area (TPSA) is 88.5 Å². The number of thiazole rings is 1. The first kappa shape index (κ1) is 29.8. The van der Waals surface area contributed by atoms with Gasteiger partial charge in [-0.05, 0) is 55.0 Å². The van der Waals surface area contributed by atoms with E-state index < -0.39 is 11.9 Å². The van der Waals surface area contributed by atoms with Crippen LogP contribution in [-0.2, 0) is 16.0 Å². The molecule has 1 amide bonds. The molecule has 2 aromatic carbocycles. The Balaban J connectivity index is 1.69. The molecule has 6 nitrogen and oxygen atoms in total. The van der Waals surface area contributed by atoms with Crippen LogP contribution in [0.3, 0.4) is 0 Å². The summed E-state index contributed by atoms with van der Waals surface area (Å²) in [5, 5.41) is 14.0. The molecule has 10 heteroatoms. The lowest BCUT2D eigenvalue weighted by Gasteiger charge is -2.17. The van der Waals surface area contributed by atoms with Crippen LogP contribution in [0.1, 0.15) is 55.6 Å². The van der Waals surface area contributed by atoms with E-state index in [9.17, 15) is 9.59 Å². The highest BCUT2D eigenvalue weighted by molar-refractivity contribution is 7.14. The highest BCUT2D eigenvalue weighted by atomic mass is 35.5. The van der Waals surface area contributed by atoms with E-state index in [1.54, 1.807) is 23.6 Å². The van der Waals surface area contributed by atoms with E-state index in [2.05, 4.69) is 31.1 Å². The molecule has 1 heterocycles. The summed E-state index contributed by atoms with van der Waals surface area (Å²) in [4.78, 5) is 28.3. The summed E-state index contributed by atoms with van der Waals surface area (Å²) in [6.45, 7) is 8.92. The van der Waals surface area contributed by atoms with Crippen molar-refractivity contribution in [1.82, 2.24) is 4.98 Å². The van der Waals surface area contributed by atoms with Gasteiger partial charge >= 0.3 is 5.97 Å². The van der Waals surface area contributed by atoms with Crippen molar-refractivity contribution in [2.24, 2.45) is 5.41 Å². The molecule has 0 saturated carbocycles. The second-order valence-electron chi connectivity index (χ2n) is 9.97. The third kappa shape index (κ3) is 8.11. The van der Waals surface area contributed by atoms with Gasteiger partial charge in [0, 0.05) is 34.3 Å². The minimum Gasteiger partial charge on any atom is -0.478 e. The largest absolute Gasteiger partial charge is 0.478 e. The van der Waals surface area contributed by atoms with Gasteiger partial charge in [0.2, 0.25) is 0 Å². The first-order chi connectivity index (χ1) is 17.9. The molecule has 0 bridgehead atoms. The van der Waals surface area contributed by atoms with Gasteiger partial charge in [-0.3, -0.25) is 10.1 Å². The van der Waals surface area contributed by atoms with E-state index in [0.717, 1.165) is 11.3 Å². The van der Waals surface area contributed by atoms with Crippen molar-refractivity contribution >= 4 is 57.6 Å². The van der Waals surface area contributed by atoms with Crippen LogP contribution in [0, 0.1) is 11.2 Å². The Morgan fingerprint density at radius 2 is 1.89 bits per heavy atom. The van der Waals surface area contributed by atoms with E-state index >= 15 is 4.39 Å². The first-order valence-electron chi connectivity index (χ1n) is 11.9. The number of aromatic nitrogens is 1. The van der Waals surface area contributed by atoms with E-state index in [0.29, 0.717) is 48.4 Å². The third-order valence-electron chi connectivity index (χ3n) is 5.39. The van der Waals surface area contributed by atoms with Gasteiger partial charge in [0.1, 0.15) is 5.82 Å². The van der Waals surface area contributed by atoms with Crippen molar-refractivity contribution in [2.75, 3.05) is 18.5 Å². The number of carbonyl (C=O) groups excluding carboxylic acids is 1. The number of carbonyl (C=O) groups is 2. The van der Waals surface area contributed by atoms with Gasteiger partial charge in [-0.1, -0.05) is 56.1 Å². The summed E-state index contributed by atoms with van der Waals surface area (Å²) in [5.74, 6) is -1.96. The molecular formula is C28H29Cl2FN2O4S. The Hall–Kier alpha value is -2.78. The lowest BCUT2D eigenvalue weighted by atomic mass is 9.99. The third-order valence-corrected chi connectivity index (χ3v) is 6.77. The van der Waals surface area contributed by atoms with Crippen LogP contribution in [0.2, 0.25) is 10.0 Å². The zero-order valence-corrected chi connectivity index (χ0v) is 23.9. The molecule has 3 rings (SSSR count). The SMILES string of the molecule is C/C(=C\c1c(Cl)cc(C(=O)Nc2nc(-c3cccc(CCCOCC(C)(C)C)c3F)cs2)cc1Cl)C(=O)O. The van der Waals surface area contributed by atoms with Crippen molar-refractivity contribution in [3.8, 4) is 11.3 Å². The summed E-state index contributed by atoms with van der Waals surface area (Å²) in [7, 11) is 0. The van der Waals surface area contributed by atoms with Gasteiger partial charge in [-0.15, -0.1) is 11.3 Å². The van der Waals surface area contributed by atoms with Crippen molar-refractivity contribution in [2.45, 2.75) is 40.5 Å². The Morgan fingerprint density at radius 3 is 2.53 bits per heavy atom. The molecule has 2 N–H and O–H groups in total. The Bertz CT molecular complexity index is 1340. The fraction of sp³-hybridized carbons (Fsp3) is 0.321. The number of rotatable bonds is 10. The predicted octanol–water partition coefficient (Wildman–Crippen LogP) is 7.99. The van der Waals surface area contributed by atoms with Crippen LogP contribution in [0.25, 0.3) is 17.3 Å². The minimum absolute atomic E-state index is 0.0477. The number of carboxylic acid groups (broad SMARTS) is 1. The van der Waals surface area contributed by atoms with Crippen molar-refractivity contribution in [1.29, 1.82) is 0 Å². The standard InChI is InChI=1S/C28H29Cl2FN2O4S/c1-16(26(35)36)11-20-21(29)12-18(13-22(20)30)25(34)33-27-32-23(14-38-27)19-9-5-7-17(24(19)31)8-6-10-37-15-28(2,3)4/h5,7,9,11-14H,6,8,10,15H2,1-4H3,(H,35,36)(H,32,33,34)/b16-11+. The first-order valence-corrected chi connectivity index (χ1v) is 13.5. The van der Waals surface area contributed by atoms with Gasteiger partial charge in [0.25, 0.3) is 5.91 Å².